The maximum atomic E-state index is 5.63. The second kappa shape index (κ2) is 8.68. The lowest BCUT2D eigenvalue weighted by Gasteiger charge is -2.20. The Bertz CT molecular complexity index is 1010. The van der Waals surface area contributed by atoms with E-state index in [1.807, 2.05) is 43.3 Å². The Hall–Kier alpha value is -2.83. The normalized spacial score (nSPS) is 12.6. The van der Waals surface area contributed by atoms with Crippen molar-refractivity contribution < 1.29 is 4.52 Å². The molecule has 2 aromatic heterocycles. The molecule has 2 heterocycles. The number of hydrogen-bond acceptors (Lipinski definition) is 6. The number of nitrogens with zero attached hydrogens (tertiary/aromatic N) is 4. The highest BCUT2D eigenvalue weighted by Gasteiger charge is 2.24. The number of benzene rings is 2. The minimum atomic E-state index is -0.0563. The van der Waals surface area contributed by atoms with Crippen LogP contribution in [0.1, 0.15) is 52.4 Å². The monoisotopic (exact) mass is 404 g/mol. The molecule has 0 radical (unpaired) electrons. The van der Waals surface area contributed by atoms with Crippen molar-refractivity contribution in [1.29, 1.82) is 0 Å². The summed E-state index contributed by atoms with van der Waals surface area (Å²) in [6.45, 7) is 4.74. The Morgan fingerprint density at radius 3 is 2.14 bits per heavy atom. The van der Waals surface area contributed by atoms with Crippen LogP contribution in [0, 0.1) is 6.92 Å². The molecule has 2 aromatic carbocycles. The van der Waals surface area contributed by atoms with Gasteiger partial charge in [-0.15, -0.1) is 11.3 Å². The van der Waals surface area contributed by atoms with Crippen LogP contribution >= 0.6 is 11.3 Å². The molecule has 4 aromatic rings. The minimum Gasteiger partial charge on any atom is -0.338 e. The summed E-state index contributed by atoms with van der Waals surface area (Å²) in [4.78, 5) is 11.5. The first-order chi connectivity index (χ1) is 14.1. The molecule has 0 fully saturated rings. The van der Waals surface area contributed by atoms with E-state index in [9.17, 15) is 0 Å². The fraction of sp³-hybridized carbons (Fsp3) is 0.261. The van der Waals surface area contributed by atoms with E-state index in [0.717, 1.165) is 21.8 Å². The van der Waals surface area contributed by atoms with Gasteiger partial charge >= 0.3 is 0 Å². The number of thiazole rings is 1. The Labute approximate surface area is 175 Å². The average Bonchev–Trinajstić information content (AvgIpc) is 3.38. The van der Waals surface area contributed by atoms with E-state index in [2.05, 4.69) is 58.7 Å². The van der Waals surface area contributed by atoms with Crippen molar-refractivity contribution in [3.63, 3.8) is 0 Å². The van der Waals surface area contributed by atoms with Crippen molar-refractivity contribution in [3.05, 3.63) is 99.6 Å². The first-order valence-electron chi connectivity index (χ1n) is 9.66. The molecule has 5 nitrogen and oxygen atoms in total. The van der Waals surface area contributed by atoms with Crippen molar-refractivity contribution in [1.82, 2.24) is 20.0 Å². The fourth-order valence-electron chi connectivity index (χ4n) is 3.33. The molecule has 6 heteroatoms. The molecule has 0 aliphatic heterocycles. The van der Waals surface area contributed by atoms with Crippen LogP contribution in [0.15, 0.2) is 70.6 Å². The Balaban J connectivity index is 1.57. The molecule has 1 unspecified atom stereocenters. The highest BCUT2D eigenvalue weighted by Crippen LogP contribution is 2.30. The summed E-state index contributed by atoms with van der Waals surface area (Å²) in [5.74, 6) is 1.24. The van der Waals surface area contributed by atoms with Gasteiger partial charge in [-0.3, -0.25) is 4.90 Å². The highest BCUT2D eigenvalue weighted by atomic mass is 32.1. The van der Waals surface area contributed by atoms with Crippen LogP contribution in [0.2, 0.25) is 0 Å². The summed E-state index contributed by atoms with van der Waals surface area (Å²) in [5, 5.41) is 7.50. The van der Waals surface area contributed by atoms with E-state index in [-0.39, 0.29) is 12.0 Å². The van der Waals surface area contributed by atoms with Crippen molar-refractivity contribution >= 4 is 11.3 Å². The van der Waals surface area contributed by atoms with Gasteiger partial charge in [0.2, 0.25) is 5.89 Å². The van der Waals surface area contributed by atoms with Gasteiger partial charge in [-0.05, 0) is 32.0 Å². The molecule has 29 heavy (non-hydrogen) atoms. The van der Waals surface area contributed by atoms with Crippen molar-refractivity contribution in [2.24, 2.45) is 0 Å². The third-order valence-corrected chi connectivity index (χ3v) is 6.18. The predicted molar refractivity (Wildman–Crippen MR) is 115 cm³/mol. The van der Waals surface area contributed by atoms with E-state index in [4.69, 9.17) is 9.51 Å². The van der Waals surface area contributed by atoms with E-state index < -0.39 is 0 Å². The Morgan fingerprint density at radius 1 is 0.966 bits per heavy atom. The number of rotatable bonds is 7. The minimum absolute atomic E-state index is 0.0563. The third-order valence-electron chi connectivity index (χ3n) is 5.05. The lowest BCUT2D eigenvalue weighted by Crippen LogP contribution is -2.22. The zero-order valence-corrected chi connectivity index (χ0v) is 17.6. The molecule has 1 atom stereocenters. The first kappa shape index (κ1) is 19.5. The number of aryl methyl sites for hydroxylation is 1. The van der Waals surface area contributed by atoms with Gasteiger partial charge in [-0.1, -0.05) is 65.8 Å². The smallest absolute Gasteiger partial charge is 0.240 e. The van der Waals surface area contributed by atoms with Crippen LogP contribution < -0.4 is 0 Å². The van der Waals surface area contributed by atoms with Gasteiger partial charge in [0.15, 0.2) is 5.82 Å². The molecule has 0 saturated carbocycles. The molecule has 0 spiro atoms. The van der Waals surface area contributed by atoms with Gasteiger partial charge in [0.1, 0.15) is 5.01 Å². The molecule has 0 aliphatic carbocycles. The van der Waals surface area contributed by atoms with Crippen molar-refractivity contribution in [2.45, 2.75) is 32.4 Å². The summed E-state index contributed by atoms with van der Waals surface area (Å²) >= 11 is 1.68. The van der Waals surface area contributed by atoms with Crippen LogP contribution in [0.25, 0.3) is 0 Å². The first-order valence-corrected chi connectivity index (χ1v) is 10.5. The zero-order valence-electron chi connectivity index (χ0n) is 16.8. The summed E-state index contributed by atoms with van der Waals surface area (Å²) < 4.78 is 5.63. The van der Waals surface area contributed by atoms with Gasteiger partial charge in [0.05, 0.1) is 18.5 Å². The largest absolute Gasteiger partial charge is 0.338 e. The summed E-state index contributed by atoms with van der Waals surface area (Å²) in [6, 6.07) is 20.8. The fourth-order valence-corrected chi connectivity index (χ4v) is 4.25. The van der Waals surface area contributed by atoms with E-state index in [1.165, 1.54) is 0 Å². The Morgan fingerprint density at radius 2 is 1.59 bits per heavy atom. The topological polar surface area (TPSA) is 55.1 Å². The van der Waals surface area contributed by atoms with Crippen molar-refractivity contribution in [2.75, 3.05) is 7.05 Å². The Kier molecular flexibility index (Phi) is 5.83. The molecule has 0 amide bonds. The molecule has 4 rings (SSSR count). The summed E-state index contributed by atoms with van der Waals surface area (Å²) in [5.41, 5.74) is 3.34. The summed E-state index contributed by atoms with van der Waals surface area (Å²) in [6.07, 6.45) is 0. The van der Waals surface area contributed by atoms with Crippen LogP contribution in [0.4, 0.5) is 0 Å². The SMILES string of the molecule is Cc1csc(C(C)N(C)Cc2nc(C(c3ccccc3)c3ccccc3)no2)n1. The predicted octanol–water partition coefficient (Wildman–Crippen LogP) is 5.21. The molecule has 0 aliphatic rings. The molecule has 0 N–H and O–H groups in total. The van der Waals surface area contributed by atoms with Gasteiger partial charge < -0.3 is 4.52 Å². The van der Waals surface area contributed by atoms with Crippen LogP contribution in [0.5, 0.6) is 0 Å². The number of aromatic nitrogens is 3. The lowest BCUT2D eigenvalue weighted by molar-refractivity contribution is 0.216. The third kappa shape index (κ3) is 4.44. The maximum Gasteiger partial charge on any atom is 0.240 e. The van der Waals surface area contributed by atoms with Gasteiger partial charge in [-0.25, -0.2) is 4.98 Å². The van der Waals surface area contributed by atoms with E-state index in [1.54, 1.807) is 11.3 Å². The van der Waals surface area contributed by atoms with Gasteiger partial charge in [0.25, 0.3) is 0 Å². The zero-order chi connectivity index (χ0) is 20.2. The van der Waals surface area contributed by atoms with E-state index >= 15 is 0 Å². The highest BCUT2D eigenvalue weighted by molar-refractivity contribution is 7.09. The second-order valence-electron chi connectivity index (χ2n) is 7.22. The van der Waals surface area contributed by atoms with Crippen molar-refractivity contribution in [3.8, 4) is 0 Å². The molecule has 148 valence electrons. The van der Waals surface area contributed by atoms with Gasteiger partial charge in [0, 0.05) is 11.1 Å². The maximum absolute atomic E-state index is 5.63. The van der Waals surface area contributed by atoms with Crippen LogP contribution in [-0.2, 0) is 6.54 Å². The number of hydrogen-bond donors (Lipinski definition) is 0. The average molecular weight is 405 g/mol. The molecular weight excluding hydrogens is 380 g/mol. The molecule has 0 bridgehead atoms. The molecule has 0 saturated heterocycles. The second-order valence-corrected chi connectivity index (χ2v) is 8.11. The van der Waals surface area contributed by atoms with E-state index in [0.29, 0.717) is 18.3 Å². The van der Waals surface area contributed by atoms with Crippen LogP contribution in [0.3, 0.4) is 0 Å². The lowest BCUT2D eigenvalue weighted by atomic mass is 9.91. The molecular formula is C23H24N4OS. The summed E-state index contributed by atoms with van der Waals surface area (Å²) in [7, 11) is 2.05. The van der Waals surface area contributed by atoms with Crippen LogP contribution in [-0.4, -0.2) is 27.1 Å². The van der Waals surface area contributed by atoms with Gasteiger partial charge in [-0.2, -0.15) is 4.98 Å². The quantitative estimate of drug-likeness (QED) is 0.423. The standard InChI is InChI=1S/C23H24N4OS/c1-16-15-29-23(24-16)17(2)27(3)14-20-25-22(26-28-20)21(18-10-6-4-7-11-18)19-12-8-5-9-13-19/h4-13,15,17,21H,14H2,1-3H3.